The van der Waals surface area contributed by atoms with E-state index in [-0.39, 0.29) is 16.3 Å². The van der Waals surface area contributed by atoms with Gasteiger partial charge in [-0.1, -0.05) is 11.6 Å². The van der Waals surface area contributed by atoms with E-state index in [0.717, 1.165) is 12.1 Å². The lowest BCUT2D eigenvalue weighted by Gasteiger charge is -2.15. The zero-order valence-corrected chi connectivity index (χ0v) is 16.5. The Hall–Kier alpha value is -3.86. The normalized spacial score (nSPS) is 11.8. The second-order valence-corrected chi connectivity index (χ2v) is 6.76. The van der Waals surface area contributed by atoms with E-state index in [4.69, 9.17) is 21.6 Å². The maximum Gasteiger partial charge on any atom is 0.449 e. The van der Waals surface area contributed by atoms with Crippen molar-refractivity contribution in [2.75, 3.05) is 0 Å². The summed E-state index contributed by atoms with van der Waals surface area (Å²) in [5, 5.41) is 8.90. The Kier molecular flexibility index (Phi) is 6.19. The monoisotopic (exact) mass is 491 g/mol. The maximum absolute atomic E-state index is 13.4. The summed E-state index contributed by atoms with van der Waals surface area (Å²) < 4.78 is 83.7. The molecule has 0 amide bonds. The van der Waals surface area contributed by atoms with Gasteiger partial charge in [0.25, 0.3) is 11.1 Å². The van der Waals surface area contributed by atoms with Gasteiger partial charge in [0.2, 0.25) is 11.6 Å². The summed E-state index contributed by atoms with van der Waals surface area (Å²) in [6.45, 7) is -0.764. The molecule has 0 unspecified atom stereocenters. The van der Waals surface area contributed by atoms with Gasteiger partial charge >= 0.3 is 12.4 Å². The van der Waals surface area contributed by atoms with Gasteiger partial charge in [0, 0.05) is 11.2 Å². The molecule has 3 aromatic rings. The van der Waals surface area contributed by atoms with E-state index in [1.807, 2.05) is 0 Å². The summed E-state index contributed by atoms with van der Waals surface area (Å²) in [6, 6.07) is 4.97. The number of nitrogens with one attached hydrogen (secondary N) is 1. The van der Waals surface area contributed by atoms with Gasteiger partial charge in [-0.3, -0.25) is 14.2 Å². The van der Waals surface area contributed by atoms with Crippen LogP contribution in [0.3, 0.4) is 0 Å². The predicted octanol–water partition coefficient (Wildman–Crippen LogP) is 3.73. The molecule has 0 fully saturated rings. The minimum Gasteiger partial charge on any atom is -0.449 e. The van der Waals surface area contributed by atoms with Crippen LogP contribution >= 0.6 is 11.6 Å². The molecule has 1 N–H and O–H groups in total. The van der Waals surface area contributed by atoms with Gasteiger partial charge in [-0.25, -0.2) is 9.97 Å². The summed E-state index contributed by atoms with van der Waals surface area (Å²) in [7, 11) is 0. The van der Waals surface area contributed by atoms with E-state index in [1.165, 1.54) is 11.1 Å². The topological polar surface area (TPSA) is 114 Å². The summed E-state index contributed by atoms with van der Waals surface area (Å²) in [5.74, 6) is -3.27. The number of aromatic amines is 1. The molecule has 0 saturated heterocycles. The minimum atomic E-state index is -5.13. The molecule has 0 aliphatic carbocycles. The van der Waals surface area contributed by atoms with Crippen LogP contribution in [-0.4, -0.2) is 19.5 Å². The van der Waals surface area contributed by atoms with E-state index < -0.39 is 52.8 Å². The second-order valence-electron chi connectivity index (χ2n) is 6.33. The largest absolute Gasteiger partial charge is 0.449 e. The molecule has 33 heavy (non-hydrogen) atoms. The molecule has 0 bridgehead atoms. The van der Waals surface area contributed by atoms with Crippen LogP contribution in [0.15, 0.2) is 40.3 Å². The number of benzene rings is 1. The van der Waals surface area contributed by atoms with Crippen molar-refractivity contribution < 1.29 is 31.1 Å². The van der Waals surface area contributed by atoms with Gasteiger partial charge in [-0.05, 0) is 18.2 Å². The van der Waals surface area contributed by atoms with E-state index in [2.05, 4.69) is 9.97 Å². The number of hydrogen-bond donors (Lipinski definition) is 1. The van der Waals surface area contributed by atoms with Crippen LogP contribution in [0.2, 0.25) is 5.02 Å². The summed E-state index contributed by atoms with van der Waals surface area (Å²) in [4.78, 5) is 32.3. The lowest BCUT2D eigenvalue weighted by atomic mass is 10.2. The van der Waals surface area contributed by atoms with Crippen LogP contribution in [0.4, 0.5) is 26.3 Å². The highest BCUT2D eigenvalue weighted by molar-refractivity contribution is 6.30. The molecule has 2 aromatic heterocycles. The molecular formula is C18H8ClF6N5O3. The lowest BCUT2D eigenvalue weighted by Crippen LogP contribution is -2.29. The van der Waals surface area contributed by atoms with Crippen molar-refractivity contribution in [1.29, 1.82) is 5.26 Å². The van der Waals surface area contributed by atoms with E-state index in [9.17, 15) is 35.9 Å². The van der Waals surface area contributed by atoms with Crippen molar-refractivity contribution in [2.24, 2.45) is 0 Å². The molecule has 0 aliphatic rings. The van der Waals surface area contributed by atoms with Gasteiger partial charge in [0.05, 0.1) is 30.1 Å². The second kappa shape index (κ2) is 8.58. The molecule has 0 spiro atoms. The average molecular weight is 492 g/mol. The molecule has 0 atom stereocenters. The maximum atomic E-state index is 13.4. The summed E-state index contributed by atoms with van der Waals surface area (Å²) in [6.07, 6.45) is -9.08. The number of rotatable bonds is 4. The number of halogens is 7. The fourth-order valence-corrected chi connectivity index (χ4v) is 2.77. The first-order valence-electron chi connectivity index (χ1n) is 8.50. The number of aromatic nitrogens is 4. The predicted molar refractivity (Wildman–Crippen MR) is 98.7 cm³/mol. The van der Waals surface area contributed by atoms with E-state index in [0.29, 0.717) is 17.1 Å². The highest BCUT2D eigenvalue weighted by Crippen LogP contribution is 2.35. The first kappa shape index (κ1) is 23.8. The average Bonchev–Trinajstić information content (AvgIpc) is 2.70. The van der Waals surface area contributed by atoms with Crippen molar-refractivity contribution in [3.63, 3.8) is 0 Å². The third kappa shape index (κ3) is 5.32. The molecule has 1 aromatic carbocycles. The van der Waals surface area contributed by atoms with Crippen molar-refractivity contribution in [1.82, 2.24) is 19.5 Å². The summed E-state index contributed by atoms with van der Waals surface area (Å²) in [5.41, 5.74) is -4.92. The van der Waals surface area contributed by atoms with Gasteiger partial charge in [0.1, 0.15) is 5.75 Å². The highest BCUT2D eigenvalue weighted by atomic mass is 35.5. The van der Waals surface area contributed by atoms with Gasteiger partial charge in [0.15, 0.2) is 5.69 Å². The van der Waals surface area contributed by atoms with Gasteiger partial charge in [-0.15, -0.1) is 0 Å². The number of H-pyrrole nitrogens is 1. The Labute approximate surface area is 183 Å². The van der Waals surface area contributed by atoms with Crippen LogP contribution in [0.25, 0.3) is 0 Å². The molecule has 15 heteroatoms. The van der Waals surface area contributed by atoms with Crippen LogP contribution in [0.5, 0.6) is 11.5 Å². The molecule has 8 nitrogen and oxygen atoms in total. The van der Waals surface area contributed by atoms with Crippen LogP contribution in [-0.2, 0) is 18.9 Å². The molecular weight excluding hydrogens is 484 g/mol. The molecule has 0 aliphatic heterocycles. The standard InChI is InChI=1S/C18H8ClF6N5O3/c19-10-1-8(4-26)2-11(3-10)33-12-13(17(20,21)22)28-7-30(15(12)32)6-9-5-27-16(18(23,24)25)29-14(9)31/h1-3,5,7H,6H2,(H,27,29,31). The van der Waals surface area contributed by atoms with Crippen molar-refractivity contribution in [3.05, 3.63) is 79.1 Å². The Bertz CT molecular complexity index is 1370. The lowest BCUT2D eigenvalue weighted by molar-refractivity contribution is -0.145. The van der Waals surface area contributed by atoms with Crippen LogP contribution in [0, 0.1) is 11.3 Å². The molecule has 0 saturated carbocycles. The molecule has 172 valence electrons. The number of hydrogen-bond acceptors (Lipinski definition) is 6. The first-order valence-corrected chi connectivity index (χ1v) is 8.88. The third-order valence-electron chi connectivity index (χ3n) is 3.97. The van der Waals surface area contributed by atoms with E-state index >= 15 is 0 Å². The van der Waals surface area contributed by atoms with Gasteiger partial charge in [-0.2, -0.15) is 31.6 Å². The Balaban J connectivity index is 2.08. The number of nitriles is 1. The van der Waals surface area contributed by atoms with Crippen molar-refractivity contribution >= 4 is 11.6 Å². The smallest absolute Gasteiger partial charge is 0.449 e. The van der Waals surface area contributed by atoms with Crippen molar-refractivity contribution in [2.45, 2.75) is 18.9 Å². The first-order chi connectivity index (χ1) is 15.3. The van der Waals surface area contributed by atoms with Gasteiger partial charge < -0.3 is 9.72 Å². The summed E-state index contributed by atoms with van der Waals surface area (Å²) >= 11 is 5.79. The highest BCUT2D eigenvalue weighted by Gasteiger charge is 2.39. The minimum absolute atomic E-state index is 0.0656. The quantitative estimate of drug-likeness (QED) is 0.556. The number of nitrogens with zero attached hydrogens (tertiary/aromatic N) is 4. The Morgan fingerprint density at radius 2 is 1.79 bits per heavy atom. The molecule has 3 rings (SSSR count). The number of ether oxygens (including phenoxy) is 1. The third-order valence-corrected chi connectivity index (χ3v) is 4.19. The van der Waals surface area contributed by atoms with E-state index in [1.54, 1.807) is 6.07 Å². The SMILES string of the molecule is N#Cc1cc(Cl)cc(Oc2c(C(F)(F)F)ncn(Cc3cnc(C(F)(F)F)[nH]c3=O)c2=O)c1. The molecule has 2 heterocycles. The van der Waals surface area contributed by atoms with Crippen LogP contribution < -0.4 is 15.9 Å². The zero-order chi connectivity index (χ0) is 24.6. The Morgan fingerprint density at radius 3 is 2.36 bits per heavy atom. The molecule has 0 radical (unpaired) electrons. The fourth-order valence-electron chi connectivity index (χ4n) is 2.54. The van der Waals surface area contributed by atoms with Crippen molar-refractivity contribution in [3.8, 4) is 17.6 Å². The van der Waals surface area contributed by atoms with Crippen LogP contribution in [0.1, 0.15) is 22.6 Å². The number of alkyl halides is 6. The Morgan fingerprint density at radius 1 is 1.09 bits per heavy atom. The zero-order valence-electron chi connectivity index (χ0n) is 15.8. The fraction of sp³-hybridized carbons (Fsp3) is 0.167.